The van der Waals surface area contributed by atoms with Gasteiger partial charge in [0.05, 0.1) is 6.10 Å². The number of likely N-dealkylation sites (N-methyl/N-ethyl adjacent to an activating group) is 2. The number of carbonyl (C=O) groups is 1. The molecule has 2 atom stereocenters. The molecule has 1 fully saturated rings. The van der Waals surface area contributed by atoms with Crippen LogP contribution in [0.5, 0.6) is 0 Å². The molecule has 1 aliphatic heterocycles. The van der Waals surface area contributed by atoms with E-state index in [1.807, 2.05) is 6.92 Å². The molecular weight excluding hydrogens is 280 g/mol. The van der Waals surface area contributed by atoms with Gasteiger partial charge in [-0.1, -0.05) is 20.8 Å². The second-order valence-electron chi connectivity index (χ2n) is 7.68. The molecule has 1 heterocycles. The van der Waals surface area contributed by atoms with Crippen molar-refractivity contribution >= 4 is 6.03 Å². The van der Waals surface area contributed by atoms with Gasteiger partial charge in [0.25, 0.3) is 0 Å². The summed E-state index contributed by atoms with van der Waals surface area (Å²) in [5.41, 5.74) is 0.0228. The van der Waals surface area contributed by atoms with E-state index in [4.69, 9.17) is 0 Å². The molecule has 1 rings (SSSR count). The minimum Gasteiger partial charge on any atom is -0.390 e. The second kappa shape index (κ2) is 8.13. The van der Waals surface area contributed by atoms with Gasteiger partial charge in [0.2, 0.25) is 0 Å². The van der Waals surface area contributed by atoms with Gasteiger partial charge < -0.3 is 20.2 Å². The Balaban J connectivity index is 2.33. The number of nitrogens with zero attached hydrogens (tertiary/aromatic N) is 3. The van der Waals surface area contributed by atoms with Gasteiger partial charge in [0, 0.05) is 52.4 Å². The van der Waals surface area contributed by atoms with Crippen LogP contribution < -0.4 is 5.32 Å². The molecule has 1 aliphatic rings. The van der Waals surface area contributed by atoms with E-state index in [-0.39, 0.29) is 17.5 Å². The summed E-state index contributed by atoms with van der Waals surface area (Å²) in [5.74, 6) is 0. The zero-order valence-corrected chi connectivity index (χ0v) is 15.1. The van der Waals surface area contributed by atoms with E-state index in [2.05, 4.69) is 42.9 Å². The SMILES string of the molecule is C[C@H](NC(=O)N(C)C[C@@H](O)CN1CCN(C)CC1)C(C)(C)C. The van der Waals surface area contributed by atoms with Crippen molar-refractivity contribution in [2.24, 2.45) is 5.41 Å². The van der Waals surface area contributed by atoms with Crippen molar-refractivity contribution in [2.45, 2.75) is 39.8 Å². The highest BCUT2D eigenvalue weighted by Gasteiger charge is 2.24. The maximum atomic E-state index is 12.2. The molecular formula is C16H34N4O2. The van der Waals surface area contributed by atoms with Gasteiger partial charge in [0.15, 0.2) is 0 Å². The summed E-state index contributed by atoms with van der Waals surface area (Å²) >= 11 is 0. The lowest BCUT2D eigenvalue weighted by Crippen LogP contribution is -2.51. The molecule has 0 aromatic carbocycles. The number of hydrogen-bond donors (Lipinski definition) is 2. The maximum absolute atomic E-state index is 12.2. The number of amides is 2. The summed E-state index contributed by atoms with van der Waals surface area (Å²) in [6.45, 7) is 13.3. The highest BCUT2D eigenvalue weighted by molar-refractivity contribution is 5.74. The molecule has 1 saturated heterocycles. The summed E-state index contributed by atoms with van der Waals surface area (Å²) < 4.78 is 0. The monoisotopic (exact) mass is 314 g/mol. The molecule has 0 bridgehead atoms. The van der Waals surface area contributed by atoms with Crippen molar-refractivity contribution < 1.29 is 9.90 Å². The fourth-order valence-corrected chi connectivity index (χ4v) is 2.30. The average Bonchev–Trinajstić information content (AvgIpc) is 2.40. The highest BCUT2D eigenvalue weighted by atomic mass is 16.3. The topological polar surface area (TPSA) is 59.1 Å². The lowest BCUT2D eigenvalue weighted by atomic mass is 9.88. The fraction of sp³-hybridized carbons (Fsp3) is 0.938. The number of hydrogen-bond acceptors (Lipinski definition) is 4. The molecule has 0 unspecified atom stereocenters. The molecule has 22 heavy (non-hydrogen) atoms. The van der Waals surface area contributed by atoms with Crippen LogP contribution in [0.4, 0.5) is 4.79 Å². The number of piperazine rings is 1. The van der Waals surface area contributed by atoms with E-state index >= 15 is 0 Å². The van der Waals surface area contributed by atoms with Crippen molar-refractivity contribution in [3.63, 3.8) is 0 Å². The zero-order valence-electron chi connectivity index (χ0n) is 15.1. The van der Waals surface area contributed by atoms with Crippen molar-refractivity contribution in [2.75, 3.05) is 53.4 Å². The van der Waals surface area contributed by atoms with Crippen LogP contribution in [0, 0.1) is 5.41 Å². The van der Waals surface area contributed by atoms with Crippen LogP contribution in [0.3, 0.4) is 0 Å². The summed E-state index contributed by atoms with van der Waals surface area (Å²) in [6.07, 6.45) is -0.510. The van der Waals surface area contributed by atoms with E-state index in [1.54, 1.807) is 11.9 Å². The lowest BCUT2D eigenvalue weighted by Gasteiger charge is -2.34. The van der Waals surface area contributed by atoms with Crippen molar-refractivity contribution in [3.05, 3.63) is 0 Å². The number of nitrogens with one attached hydrogen (secondary N) is 1. The maximum Gasteiger partial charge on any atom is 0.317 e. The summed E-state index contributed by atoms with van der Waals surface area (Å²) in [5, 5.41) is 13.2. The first-order valence-corrected chi connectivity index (χ1v) is 8.20. The molecule has 0 aromatic heterocycles. The van der Waals surface area contributed by atoms with Gasteiger partial charge in [-0.05, 0) is 19.4 Å². The Morgan fingerprint density at radius 1 is 1.27 bits per heavy atom. The van der Waals surface area contributed by atoms with Gasteiger partial charge in [-0.3, -0.25) is 4.90 Å². The van der Waals surface area contributed by atoms with Crippen LogP contribution in [-0.2, 0) is 0 Å². The molecule has 0 radical (unpaired) electrons. The van der Waals surface area contributed by atoms with Crippen LogP contribution >= 0.6 is 0 Å². The minimum absolute atomic E-state index is 0.0228. The standard InChI is InChI=1S/C16H34N4O2/c1-13(16(2,3)4)17-15(22)19(6)11-14(21)12-20-9-7-18(5)8-10-20/h13-14,21H,7-12H2,1-6H3,(H,17,22)/t13-,14+/m0/s1. The summed E-state index contributed by atoms with van der Waals surface area (Å²) in [7, 11) is 3.85. The summed E-state index contributed by atoms with van der Waals surface area (Å²) in [6, 6.07) is -0.0444. The number of β-amino-alcohol motifs (C(OH)–C–C–N with tert-alkyl or cyclic N) is 1. The van der Waals surface area contributed by atoms with Gasteiger partial charge in [-0.2, -0.15) is 0 Å². The predicted molar refractivity (Wildman–Crippen MR) is 90.0 cm³/mol. The van der Waals surface area contributed by atoms with Gasteiger partial charge in [-0.15, -0.1) is 0 Å². The summed E-state index contributed by atoms with van der Waals surface area (Å²) in [4.78, 5) is 18.3. The van der Waals surface area contributed by atoms with Gasteiger partial charge in [0.1, 0.15) is 0 Å². The third-order valence-corrected chi connectivity index (χ3v) is 4.54. The molecule has 2 amide bonds. The van der Waals surface area contributed by atoms with E-state index in [9.17, 15) is 9.90 Å². The Bertz CT molecular complexity index is 349. The first-order chi connectivity index (χ1) is 10.1. The highest BCUT2D eigenvalue weighted by Crippen LogP contribution is 2.18. The normalized spacial score (nSPS) is 20.5. The average molecular weight is 314 g/mol. The zero-order chi connectivity index (χ0) is 16.9. The Morgan fingerprint density at radius 3 is 2.32 bits per heavy atom. The smallest absolute Gasteiger partial charge is 0.317 e. The van der Waals surface area contributed by atoms with Gasteiger partial charge >= 0.3 is 6.03 Å². The van der Waals surface area contributed by atoms with E-state index < -0.39 is 6.10 Å². The number of aliphatic hydroxyl groups excluding tert-OH is 1. The van der Waals surface area contributed by atoms with Crippen LogP contribution in [-0.4, -0.2) is 91.3 Å². The quantitative estimate of drug-likeness (QED) is 0.783. The number of urea groups is 1. The molecule has 6 heteroatoms. The van der Waals surface area contributed by atoms with E-state index in [0.29, 0.717) is 13.1 Å². The van der Waals surface area contributed by atoms with E-state index in [1.165, 1.54) is 0 Å². The number of aliphatic hydroxyl groups is 1. The van der Waals surface area contributed by atoms with Crippen molar-refractivity contribution in [1.82, 2.24) is 20.0 Å². The molecule has 0 spiro atoms. The first kappa shape index (κ1) is 19.2. The second-order valence-corrected chi connectivity index (χ2v) is 7.68. The van der Waals surface area contributed by atoms with Crippen molar-refractivity contribution in [1.29, 1.82) is 0 Å². The minimum atomic E-state index is -0.510. The number of rotatable bonds is 5. The van der Waals surface area contributed by atoms with Crippen LogP contribution in [0.1, 0.15) is 27.7 Å². The van der Waals surface area contributed by atoms with Crippen LogP contribution in [0.25, 0.3) is 0 Å². The largest absolute Gasteiger partial charge is 0.390 e. The molecule has 0 aromatic rings. The van der Waals surface area contributed by atoms with Crippen LogP contribution in [0.15, 0.2) is 0 Å². The fourth-order valence-electron chi connectivity index (χ4n) is 2.30. The Hall–Kier alpha value is -0.850. The molecule has 6 nitrogen and oxygen atoms in total. The molecule has 0 aliphatic carbocycles. The Morgan fingerprint density at radius 2 is 1.82 bits per heavy atom. The lowest BCUT2D eigenvalue weighted by molar-refractivity contribution is 0.0651. The van der Waals surface area contributed by atoms with Gasteiger partial charge in [-0.25, -0.2) is 4.79 Å². The van der Waals surface area contributed by atoms with Crippen LogP contribution in [0.2, 0.25) is 0 Å². The van der Waals surface area contributed by atoms with E-state index in [0.717, 1.165) is 26.2 Å². The number of carbonyl (C=O) groups excluding carboxylic acids is 1. The molecule has 2 N–H and O–H groups in total. The first-order valence-electron chi connectivity index (χ1n) is 8.20. The Kier molecular flexibility index (Phi) is 7.09. The third kappa shape index (κ3) is 6.50. The molecule has 130 valence electrons. The predicted octanol–water partition coefficient (Wildman–Crippen LogP) is 0.671. The van der Waals surface area contributed by atoms with Crippen molar-refractivity contribution in [3.8, 4) is 0 Å². The molecule has 0 saturated carbocycles. The Labute approximate surface area is 135 Å². The third-order valence-electron chi connectivity index (χ3n) is 4.54.